The van der Waals surface area contributed by atoms with Gasteiger partial charge in [0.1, 0.15) is 16.9 Å². The van der Waals surface area contributed by atoms with E-state index in [4.69, 9.17) is 14.7 Å². The van der Waals surface area contributed by atoms with Crippen LogP contribution in [0.5, 0.6) is 0 Å². The molecule has 0 unspecified atom stereocenters. The fourth-order valence-corrected chi connectivity index (χ4v) is 2.22. The van der Waals surface area contributed by atoms with Gasteiger partial charge in [-0.25, -0.2) is 9.59 Å². The van der Waals surface area contributed by atoms with Gasteiger partial charge < -0.3 is 14.7 Å². The van der Waals surface area contributed by atoms with Crippen molar-refractivity contribution in [2.45, 2.75) is 44.8 Å². The SMILES string of the molecule is CC(C)(C)OC(=O)N1CCC2(C=C(C(=O)O)NO2)CC1. The molecule has 20 heavy (non-hydrogen) atoms. The number of carboxylic acid groups (broad SMARTS) is 1. The number of hydroxylamine groups is 1. The Labute approximate surface area is 117 Å². The van der Waals surface area contributed by atoms with Gasteiger partial charge in [0, 0.05) is 25.9 Å². The Morgan fingerprint density at radius 3 is 2.45 bits per heavy atom. The highest BCUT2D eigenvalue weighted by Crippen LogP contribution is 2.32. The topological polar surface area (TPSA) is 88.1 Å². The lowest BCUT2D eigenvalue weighted by Gasteiger charge is -2.37. The van der Waals surface area contributed by atoms with E-state index in [9.17, 15) is 9.59 Å². The summed E-state index contributed by atoms with van der Waals surface area (Å²) < 4.78 is 5.31. The number of ether oxygens (including phenoxy) is 1. The van der Waals surface area contributed by atoms with Gasteiger partial charge in [-0.2, -0.15) is 0 Å². The molecule has 2 aliphatic rings. The predicted molar refractivity (Wildman–Crippen MR) is 69.7 cm³/mol. The summed E-state index contributed by atoms with van der Waals surface area (Å²) in [6.07, 6.45) is 2.31. The van der Waals surface area contributed by atoms with E-state index in [0.29, 0.717) is 25.9 Å². The molecule has 1 fully saturated rings. The molecule has 1 spiro atoms. The number of carbonyl (C=O) groups excluding carboxylic acids is 1. The third kappa shape index (κ3) is 3.22. The Bertz CT molecular complexity index is 444. The minimum Gasteiger partial charge on any atom is -0.477 e. The van der Waals surface area contributed by atoms with Crippen LogP contribution in [0.3, 0.4) is 0 Å². The van der Waals surface area contributed by atoms with Crippen LogP contribution in [0, 0.1) is 0 Å². The van der Waals surface area contributed by atoms with Gasteiger partial charge in [-0.3, -0.25) is 10.3 Å². The van der Waals surface area contributed by atoms with Crippen molar-refractivity contribution in [3.8, 4) is 0 Å². The van der Waals surface area contributed by atoms with E-state index in [1.807, 2.05) is 20.8 Å². The highest BCUT2D eigenvalue weighted by atomic mass is 16.7. The molecule has 0 atom stereocenters. The van der Waals surface area contributed by atoms with Crippen LogP contribution < -0.4 is 5.48 Å². The van der Waals surface area contributed by atoms with Crippen molar-refractivity contribution in [3.05, 3.63) is 11.8 Å². The second kappa shape index (κ2) is 4.97. The van der Waals surface area contributed by atoms with Gasteiger partial charge in [0.25, 0.3) is 0 Å². The molecule has 2 rings (SSSR count). The van der Waals surface area contributed by atoms with Crippen molar-refractivity contribution in [1.29, 1.82) is 0 Å². The molecule has 2 N–H and O–H groups in total. The van der Waals surface area contributed by atoms with Gasteiger partial charge in [0.2, 0.25) is 0 Å². The van der Waals surface area contributed by atoms with Crippen molar-refractivity contribution in [1.82, 2.24) is 10.4 Å². The standard InChI is InChI=1S/C13H20N2O5/c1-12(2,3)19-11(18)15-6-4-13(5-7-15)8-9(10(16)17)14-20-13/h8,14H,4-7H2,1-3H3,(H,16,17). The Kier molecular flexibility index (Phi) is 3.64. The zero-order valence-electron chi connectivity index (χ0n) is 11.9. The van der Waals surface area contributed by atoms with Gasteiger partial charge in [-0.15, -0.1) is 0 Å². The van der Waals surface area contributed by atoms with Gasteiger partial charge in [0.15, 0.2) is 0 Å². The maximum Gasteiger partial charge on any atom is 0.410 e. The van der Waals surface area contributed by atoms with E-state index >= 15 is 0 Å². The van der Waals surface area contributed by atoms with Crippen molar-refractivity contribution in [2.24, 2.45) is 0 Å². The molecule has 2 heterocycles. The molecular weight excluding hydrogens is 264 g/mol. The highest BCUT2D eigenvalue weighted by molar-refractivity contribution is 5.86. The minimum absolute atomic E-state index is 0.0516. The predicted octanol–water partition coefficient (Wildman–Crippen LogP) is 1.26. The van der Waals surface area contributed by atoms with Crippen LogP contribution in [-0.2, 0) is 14.4 Å². The molecular formula is C13H20N2O5. The van der Waals surface area contributed by atoms with Crippen molar-refractivity contribution >= 4 is 12.1 Å². The first-order valence-corrected chi connectivity index (χ1v) is 6.59. The largest absolute Gasteiger partial charge is 0.477 e. The molecule has 1 amide bonds. The van der Waals surface area contributed by atoms with Crippen LogP contribution in [-0.4, -0.2) is 46.4 Å². The minimum atomic E-state index is -1.04. The summed E-state index contributed by atoms with van der Waals surface area (Å²) in [7, 11) is 0. The van der Waals surface area contributed by atoms with E-state index in [1.165, 1.54) is 0 Å². The monoisotopic (exact) mass is 284 g/mol. The van der Waals surface area contributed by atoms with Gasteiger partial charge in [-0.1, -0.05) is 0 Å². The lowest BCUT2D eigenvalue weighted by molar-refractivity contribution is -0.135. The van der Waals surface area contributed by atoms with Gasteiger partial charge >= 0.3 is 12.1 Å². The summed E-state index contributed by atoms with van der Waals surface area (Å²) >= 11 is 0. The first-order chi connectivity index (χ1) is 9.21. The average Bonchev–Trinajstić information content (AvgIpc) is 2.72. The van der Waals surface area contributed by atoms with Gasteiger partial charge in [0.05, 0.1) is 0 Å². The van der Waals surface area contributed by atoms with E-state index in [0.717, 1.165) is 0 Å². The molecule has 0 aromatic carbocycles. The van der Waals surface area contributed by atoms with E-state index in [2.05, 4.69) is 5.48 Å². The summed E-state index contributed by atoms with van der Waals surface area (Å²) in [5, 5.41) is 8.90. The van der Waals surface area contributed by atoms with Crippen LogP contribution >= 0.6 is 0 Å². The van der Waals surface area contributed by atoms with Crippen LogP contribution in [0.25, 0.3) is 0 Å². The molecule has 0 aromatic heterocycles. The van der Waals surface area contributed by atoms with E-state index in [1.54, 1.807) is 11.0 Å². The summed E-state index contributed by atoms with van der Waals surface area (Å²) in [4.78, 5) is 29.8. The van der Waals surface area contributed by atoms with Crippen LogP contribution in [0.4, 0.5) is 4.79 Å². The molecule has 7 nitrogen and oxygen atoms in total. The second-order valence-electron chi connectivity index (χ2n) is 6.10. The van der Waals surface area contributed by atoms with Crippen molar-refractivity contribution in [3.63, 3.8) is 0 Å². The second-order valence-corrected chi connectivity index (χ2v) is 6.10. The number of rotatable bonds is 1. The molecule has 0 aromatic rings. The average molecular weight is 284 g/mol. The zero-order chi connectivity index (χ0) is 15.0. The number of nitrogens with zero attached hydrogens (tertiary/aromatic N) is 1. The molecule has 112 valence electrons. The lowest BCUT2D eigenvalue weighted by Crippen LogP contribution is -2.48. The number of hydrogen-bond donors (Lipinski definition) is 2. The molecule has 0 radical (unpaired) electrons. The number of likely N-dealkylation sites (tertiary alicyclic amines) is 1. The van der Waals surface area contributed by atoms with E-state index in [-0.39, 0.29) is 11.8 Å². The summed E-state index contributed by atoms with van der Waals surface area (Å²) in [5.74, 6) is -1.04. The summed E-state index contributed by atoms with van der Waals surface area (Å²) in [6.45, 7) is 6.41. The maximum atomic E-state index is 11.9. The fourth-order valence-electron chi connectivity index (χ4n) is 2.22. The Hall–Kier alpha value is -1.76. The number of amides is 1. The highest BCUT2D eigenvalue weighted by Gasteiger charge is 2.41. The van der Waals surface area contributed by atoms with E-state index < -0.39 is 17.2 Å². The third-order valence-electron chi connectivity index (χ3n) is 3.26. The number of piperidine rings is 1. The summed E-state index contributed by atoms with van der Waals surface area (Å²) in [6, 6.07) is 0. The van der Waals surface area contributed by atoms with Crippen molar-refractivity contribution in [2.75, 3.05) is 13.1 Å². The van der Waals surface area contributed by atoms with Crippen LogP contribution in [0.15, 0.2) is 11.8 Å². The molecule has 2 aliphatic heterocycles. The Morgan fingerprint density at radius 1 is 1.40 bits per heavy atom. The van der Waals surface area contributed by atoms with Gasteiger partial charge in [-0.05, 0) is 26.8 Å². The maximum absolute atomic E-state index is 11.9. The Morgan fingerprint density at radius 2 is 2.00 bits per heavy atom. The molecule has 0 bridgehead atoms. The molecule has 7 heteroatoms. The number of nitrogens with one attached hydrogen (secondary N) is 1. The lowest BCUT2D eigenvalue weighted by atomic mass is 9.91. The zero-order valence-corrected chi connectivity index (χ0v) is 11.9. The quantitative estimate of drug-likeness (QED) is 0.753. The smallest absolute Gasteiger partial charge is 0.410 e. The molecule has 0 saturated carbocycles. The normalized spacial score (nSPS) is 21.4. The number of carbonyl (C=O) groups is 2. The molecule has 1 saturated heterocycles. The van der Waals surface area contributed by atoms with Crippen molar-refractivity contribution < 1.29 is 24.3 Å². The number of carboxylic acids is 1. The first kappa shape index (κ1) is 14.6. The number of aliphatic carboxylic acids is 1. The number of hydrogen-bond acceptors (Lipinski definition) is 5. The summed E-state index contributed by atoms with van der Waals surface area (Å²) in [5.41, 5.74) is 1.32. The first-order valence-electron chi connectivity index (χ1n) is 6.59. The van der Waals surface area contributed by atoms with Crippen LogP contribution in [0.2, 0.25) is 0 Å². The Balaban J connectivity index is 1.93. The molecule has 0 aliphatic carbocycles. The fraction of sp³-hybridized carbons (Fsp3) is 0.692. The van der Waals surface area contributed by atoms with Crippen LogP contribution in [0.1, 0.15) is 33.6 Å². The third-order valence-corrected chi connectivity index (χ3v) is 3.26.